The highest BCUT2D eigenvalue weighted by molar-refractivity contribution is 6.09. The molecule has 1 N–H and O–H groups in total. The second kappa shape index (κ2) is 9.05. The van der Waals surface area contributed by atoms with Crippen molar-refractivity contribution in [3.05, 3.63) is 83.4 Å². The van der Waals surface area contributed by atoms with E-state index in [0.29, 0.717) is 22.6 Å². The molecule has 152 valence electrons. The summed E-state index contributed by atoms with van der Waals surface area (Å²) in [6.07, 6.45) is 0. The van der Waals surface area contributed by atoms with Crippen molar-refractivity contribution in [2.75, 3.05) is 12.4 Å². The number of methoxy groups -OCH3 is 1. The summed E-state index contributed by atoms with van der Waals surface area (Å²) < 4.78 is 9.89. The van der Waals surface area contributed by atoms with Gasteiger partial charge in [0.1, 0.15) is 5.75 Å². The molecule has 3 aromatic rings. The molecule has 0 spiro atoms. The Morgan fingerprint density at radius 1 is 0.833 bits per heavy atom. The highest BCUT2D eigenvalue weighted by Gasteiger charge is 2.17. The van der Waals surface area contributed by atoms with Crippen molar-refractivity contribution in [3.8, 4) is 16.9 Å². The fraction of sp³-hybridized carbons (Fsp3) is 0.125. The molecule has 3 aromatic carbocycles. The van der Waals surface area contributed by atoms with E-state index in [4.69, 9.17) is 9.47 Å². The van der Waals surface area contributed by atoms with Crippen molar-refractivity contribution in [3.63, 3.8) is 0 Å². The van der Waals surface area contributed by atoms with Crippen LogP contribution >= 0.6 is 0 Å². The molecule has 0 saturated carbocycles. The van der Waals surface area contributed by atoms with E-state index in [1.165, 1.54) is 14.0 Å². The summed E-state index contributed by atoms with van der Waals surface area (Å²) in [7, 11) is 1.29. The molecule has 0 fully saturated rings. The minimum Gasteiger partial charge on any atom is -0.465 e. The molecule has 1 amide bonds. The SMILES string of the molecule is COC(=O)c1ccc(-c2ccccc2)cc1NC(=O)c1ccc(OC(C)=O)cc1C. The summed E-state index contributed by atoms with van der Waals surface area (Å²) in [4.78, 5) is 36.2. The van der Waals surface area contributed by atoms with Crippen LogP contribution in [0, 0.1) is 6.92 Å². The second-order valence-corrected chi connectivity index (χ2v) is 6.64. The van der Waals surface area contributed by atoms with E-state index in [2.05, 4.69) is 5.32 Å². The van der Waals surface area contributed by atoms with Crippen LogP contribution in [-0.4, -0.2) is 25.0 Å². The molecule has 6 heteroatoms. The average Bonchev–Trinajstić information content (AvgIpc) is 2.73. The quantitative estimate of drug-likeness (QED) is 0.496. The zero-order valence-corrected chi connectivity index (χ0v) is 16.9. The standard InChI is InChI=1S/C24H21NO5/c1-15-13-19(30-16(2)26)10-12-20(15)23(27)25-22-14-18(17-7-5-4-6-8-17)9-11-21(22)24(28)29-3/h4-14H,1-3H3,(H,25,27). The van der Waals surface area contributed by atoms with Crippen LogP contribution in [0.2, 0.25) is 0 Å². The van der Waals surface area contributed by atoms with Gasteiger partial charge in [-0.2, -0.15) is 0 Å². The third-order valence-electron chi connectivity index (χ3n) is 4.48. The van der Waals surface area contributed by atoms with E-state index in [1.807, 2.05) is 30.3 Å². The number of benzene rings is 3. The number of nitrogens with one attached hydrogen (secondary N) is 1. The predicted octanol–water partition coefficient (Wildman–Crippen LogP) is 4.63. The molecule has 0 bridgehead atoms. The van der Waals surface area contributed by atoms with E-state index < -0.39 is 17.8 Å². The topological polar surface area (TPSA) is 81.7 Å². The van der Waals surface area contributed by atoms with E-state index >= 15 is 0 Å². The first-order valence-electron chi connectivity index (χ1n) is 9.27. The summed E-state index contributed by atoms with van der Waals surface area (Å²) in [5.74, 6) is -1.02. The van der Waals surface area contributed by atoms with Crippen molar-refractivity contribution >= 4 is 23.5 Å². The van der Waals surface area contributed by atoms with Gasteiger partial charge >= 0.3 is 11.9 Å². The molecule has 0 saturated heterocycles. The maximum absolute atomic E-state index is 12.9. The Hall–Kier alpha value is -3.93. The molecule has 0 aliphatic rings. The predicted molar refractivity (Wildman–Crippen MR) is 114 cm³/mol. The Bertz CT molecular complexity index is 1110. The number of rotatable bonds is 5. The normalized spacial score (nSPS) is 10.2. The Balaban J connectivity index is 1.95. The summed E-state index contributed by atoms with van der Waals surface area (Å²) >= 11 is 0. The molecule has 30 heavy (non-hydrogen) atoms. The van der Waals surface area contributed by atoms with Gasteiger partial charge in [0.05, 0.1) is 18.4 Å². The van der Waals surface area contributed by atoms with Crippen LogP contribution in [0.4, 0.5) is 5.69 Å². The van der Waals surface area contributed by atoms with Crippen molar-refractivity contribution in [2.45, 2.75) is 13.8 Å². The summed E-state index contributed by atoms with van der Waals surface area (Å²) in [5.41, 5.74) is 3.42. The number of anilines is 1. The van der Waals surface area contributed by atoms with E-state index in [1.54, 1.807) is 43.3 Å². The molecule has 0 aromatic heterocycles. The molecule has 0 radical (unpaired) electrons. The third-order valence-corrected chi connectivity index (χ3v) is 4.48. The maximum atomic E-state index is 12.9. The smallest absolute Gasteiger partial charge is 0.339 e. The van der Waals surface area contributed by atoms with Crippen LogP contribution in [0.3, 0.4) is 0 Å². The summed E-state index contributed by atoms with van der Waals surface area (Å²) in [6.45, 7) is 3.05. The number of carbonyl (C=O) groups is 3. The molecular weight excluding hydrogens is 382 g/mol. The second-order valence-electron chi connectivity index (χ2n) is 6.64. The fourth-order valence-corrected chi connectivity index (χ4v) is 3.06. The van der Waals surface area contributed by atoms with Crippen LogP contribution < -0.4 is 10.1 Å². The van der Waals surface area contributed by atoms with Gasteiger partial charge in [-0.1, -0.05) is 36.4 Å². The highest BCUT2D eigenvalue weighted by atomic mass is 16.5. The Labute approximate surface area is 174 Å². The molecular formula is C24H21NO5. The van der Waals surface area contributed by atoms with Gasteiger partial charge < -0.3 is 14.8 Å². The monoisotopic (exact) mass is 403 g/mol. The van der Waals surface area contributed by atoms with Gasteiger partial charge in [-0.25, -0.2) is 4.79 Å². The zero-order valence-electron chi connectivity index (χ0n) is 16.9. The lowest BCUT2D eigenvalue weighted by Crippen LogP contribution is -2.16. The fourth-order valence-electron chi connectivity index (χ4n) is 3.06. The van der Waals surface area contributed by atoms with E-state index in [9.17, 15) is 14.4 Å². The highest BCUT2D eigenvalue weighted by Crippen LogP contribution is 2.27. The van der Waals surface area contributed by atoms with Crippen LogP contribution in [-0.2, 0) is 9.53 Å². The number of amides is 1. The number of ether oxygens (including phenoxy) is 2. The van der Waals surface area contributed by atoms with Gasteiger partial charge in [0.15, 0.2) is 0 Å². The Morgan fingerprint density at radius 2 is 1.53 bits per heavy atom. The summed E-state index contributed by atoms with van der Waals surface area (Å²) in [5, 5.41) is 2.81. The molecule has 0 unspecified atom stereocenters. The maximum Gasteiger partial charge on any atom is 0.339 e. The van der Waals surface area contributed by atoms with Gasteiger partial charge in [0.2, 0.25) is 0 Å². The van der Waals surface area contributed by atoms with Crippen molar-refractivity contribution in [2.24, 2.45) is 0 Å². The van der Waals surface area contributed by atoms with E-state index in [-0.39, 0.29) is 5.56 Å². The van der Waals surface area contributed by atoms with Gasteiger partial charge in [-0.05, 0) is 53.9 Å². The number of carbonyl (C=O) groups excluding carboxylic acids is 3. The first kappa shape index (κ1) is 20.8. The average molecular weight is 403 g/mol. The van der Waals surface area contributed by atoms with E-state index in [0.717, 1.165) is 11.1 Å². The lowest BCUT2D eigenvalue weighted by Gasteiger charge is -2.14. The van der Waals surface area contributed by atoms with Crippen LogP contribution in [0.15, 0.2) is 66.7 Å². The first-order valence-corrected chi connectivity index (χ1v) is 9.27. The zero-order chi connectivity index (χ0) is 21.7. The number of aryl methyl sites for hydroxylation is 1. The van der Waals surface area contributed by atoms with Crippen molar-refractivity contribution < 1.29 is 23.9 Å². The molecule has 0 aliphatic heterocycles. The Kier molecular flexibility index (Phi) is 6.27. The molecule has 6 nitrogen and oxygen atoms in total. The van der Waals surface area contributed by atoms with Gasteiger partial charge in [0.25, 0.3) is 5.91 Å². The third kappa shape index (κ3) is 4.72. The minimum atomic E-state index is -0.549. The van der Waals surface area contributed by atoms with Crippen LogP contribution in [0.5, 0.6) is 5.75 Å². The largest absolute Gasteiger partial charge is 0.465 e. The van der Waals surface area contributed by atoms with Crippen LogP contribution in [0.25, 0.3) is 11.1 Å². The first-order chi connectivity index (χ1) is 14.4. The minimum absolute atomic E-state index is 0.250. The lowest BCUT2D eigenvalue weighted by atomic mass is 10.0. The Morgan fingerprint density at radius 3 is 2.17 bits per heavy atom. The lowest BCUT2D eigenvalue weighted by molar-refractivity contribution is -0.131. The molecule has 0 aliphatic carbocycles. The van der Waals surface area contributed by atoms with Gasteiger partial charge in [-0.3, -0.25) is 9.59 Å². The van der Waals surface area contributed by atoms with Gasteiger partial charge in [0, 0.05) is 12.5 Å². The van der Waals surface area contributed by atoms with Crippen molar-refractivity contribution in [1.29, 1.82) is 0 Å². The molecule has 0 atom stereocenters. The number of hydrogen-bond donors (Lipinski definition) is 1. The van der Waals surface area contributed by atoms with Crippen molar-refractivity contribution in [1.82, 2.24) is 0 Å². The molecule has 3 rings (SSSR count). The molecule has 0 heterocycles. The number of esters is 2. The summed E-state index contributed by atoms with van der Waals surface area (Å²) in [6, 6.07) is 19.5. The van der Waals surface area contributed by atoms with Gasteiger partial charge in [-0.15, -0.1) is 0 Å². The van der Waals surface area contributed by atoms with Crippen LogP contribution in [0.1, 0.15) is 33.2 Å². The number of hydrogen-bond acceptors (Lipinski definition) is 5.